The van der Waals surface area contributed by atoms with Crippen molar-refractivity contribution in [3.8, 4) is 0 Å². The van der Waals surface area contributed by atoms with E-state index in [0.29, 0.717) is 0 Å². The van der Waals surface area contributed by atoms with Crippen LogP contribution in [-0.4, -0.2) is 38.3 Å². The van der Waals surface area contributed by atoms with Crippen LogP contribution in [0.4, 0.5) is 0 Å². The van der Waals surface area contributed by atoms with Crippen LogP contribution in [0, 0.1) is 0 Å². The molecule has 0 amide bonds. The Kier molecular flexibility index (Phi) is 5.40. The Bertz CT molecular complexity index is 133. The predicted molar refractivity (Wildman–Crippen MR) is 60.2 cm³/mol. The van der Waals surface area contributed by atoms with Crippen molar-refractivity contribution in [1.82, 2.24) is 10.6 Å². The van der Waals surface area contributed by atoms with E-state index < -0.39 is 0 Å². The van der Waals surface area contributed by atoms with Crippen LogP contribution < -0.4 is 22.1 Å². The maximum Gasteiger partial charge on any atom is 0.0307 e. The quantitative estimate of drug-likeness (QED) is 0.462. The minimum atomic E-state index is 0.261. The molecule has 0 bridgehead atoms. The van der Waals surface area contributed by atoms with Gasteiger partial charge in [0.05, 0.1) is 0 Å². The molecule has 1 fully saturated rings. The number of hydrogen-bond acceptors (Lipinski definition) is 4. The van der Waals surface area contributed by atoms with Gasteiger partial charge in [-0.25, -0.2) is 0 Å². The zero-order valence-electron chi connectivity index (χ0n) is 9.02. The number of rotatable bonds is 6. The van der Waals surface area contributed by atoms with Gasteiger partial charge in [0.25, 0.3) is 0 Å². The Morgan fingerprint density at radius 1 is 1.00 bits per heavy atom. The average molecular weight is 200 g/mol. The molecule has 0 atom stereocenters. The summed E-state index contributed by atoms with van der Waals surface area (Å²) < 4.78 is 0. The first-order chi connectivity index (χ1) is 6.83. The fourth-order valence-corrected chi connectivity index (χ4v) is 2.17. The van der Waals surface area contributed by atoms with Gasteiger partial charge in [0.15, 0.2) is 0 Å². The normalized spacial score (nSPS) is 21.0. The molecule has 0 saturated carbocycles. The van der Waals surface area contributed by atoms with Crippen LogP contribution in [0.3, 0.4) is 0 Å². The molecule has 0 aromatic carbocycles. The van der Waals surface area contributed by atoms with Gasteiger partial charge in [0.2, 0.25) is 0 Å². The number of piperazine rings is 1. The molecule has 4 nitrogen and oxygen atoms in total. The molecule has 1 aliphatic heterocycles. The van der Waals surface area contributed by atoms with Crippen molar-refractivity contribution in [2.45, 2.75) is 31.2 Å². The summed E-state index contributed by atoms with van der Waals surface area (Å²) in [6.45, 7) is 4.77. The van der Waals surface area contributed by atoms with Gasteiger partial charge in [-0.3, -0.25) is 0 Å². The highest BCUT2D eigenvalue weighted by Crippen LogP contribution is 2.19. The van der Waals surface area contributed by atoms with Crippen LogP contribution in [-0.2, 0) is 0 Å². The second-order valence-corrected chi connectivity index (χ2v) is 4.17. The molecule has 14 heavy (non-hydrogen) atoms. The Hall–Kier alpha value is -0.160. The smallest absolute Gasteiger partial charge is 0.0307 e. The minimum absolute atomic E-state index is 0.261. The molecule has 0 unspecified atom stereocenters. The molecule has 0 spiro atoms. The highest BCUT2D eigenvalue weighted by atomic mass is 15.1. The highest BCUT2D eigenvalue weighted by Gasteiger charge is 2.29. The fourth-order valence-electron chi connectivity index (χ4n) is 2.17. The van der Waals surface area contributed by atoms with E-state index in [0.717, 1.165) is 58.4 Å². The number of hydrogen-bond donors (Lipinski definition) is 4. The topological polar surface area (TPSA) is 76.1 Å². The molecule has 0 aliphatic carbocycles. The van der Waals surface area contributed by atoms with Gasteiger partial charge in [-0.2, -0.15) is 0 Å². The summed E-state index contributed by atoms with van der Waals surface area (Å²) in [5.74, 6) is 0. The summed E-state index contributed by atoms with van der Waals surface area (Å²) in [5, 5.41) is 7.08. The van der Waals surface area contributed by atoms with Crippen molar-refractivity contribution in [2.75, 3.05) is 32.7 Å². The Morgan fingerprint density at radius 3 is 2.07 bits per heavy atom. The second kappa shape index (κ2) is 6.35. The monoisotopic (exact) mass is 200 g/mol. The van der Waals surface area contributed by atoms with E-state index in [1.807, 2.05) is 0 Å². The molecule has 1 saturated heterocycles. The first kappa shape index (κ1) is 11.9. The molecule has 0 aromatic heterocycles. The van der Waals surface area contributed by atoms with Crippen molar-refractivity contribution in [2.24, 2.45) is 11.5 Å². The Labute approximate surface area is 86.8 Å². The van der Waals surface area contributed by atoms with Gasteiger partial charge >= 0.3 is 0 Å². The van der Waals surface area contributed by atoms with E-state index in [4.69, 9.17) is 11.5 Å². The average Bonchev–Trinajstić information content (AvgIpc) is 2.25. The zero-order chi connectivity index (χ0) is 10.3. The third-order valence-corrected chi connectivity index (χ3v) is 2.98. The highest BCUT2D eigenvalue weighted by molar-refractivity contribution is 4.93. The molecular formula is C10H24N4. The van der Waals surface area contributed by atoms with Crippen LogP contribution in [0.15, 0.2) is 0 Å². The van der Waals surface area contributed by atoms with Gasteiger partial charge in [-0.1, -0.05) is 0 Å². The van der Waals surface area contributed by atoms with E-state index in [9.17, 15) is 0 Å². The van der Waals surface area contributed by atoms with Crippen LogP contribution in [0.5, 0.6) is 0 Å². The predicted octanol–water partition coefficient (Wildman–Crippen LogP) is -0.604. The summed E-state index contributed by atoms with van der Waals surface area (Å²) in [6, 6.07) is 0. The van der Waals surface area contributed by atoms with Gasteiger partial charge < -0.3 is 22.1 Å². The molecular weight excluding hydrogens is 176 g/mol. The minimum Gasteiger partial charge on any atom is -0.330 e. The first-order valence-electron chi connectivity index (χ1n) is 5.69. The van der Waals surface area contributed by atoms with Crippen molar-refractivity contribution in [3.05, 3.63) is 0 Å². The summed E-state index contributed by atoms with van der Waals surface area (Å²) in [5.41, 5.74) is 11.4. The van der Waals surface area contributed by atoms with E-state index in [-0.39, 0.29) is 5.54 Å². The molecule has 0 radical (unpaired) electrons. The molecule has 1 heterocycles. The maximum absolute atomic E-state index is 5.56. The lowest BCUT2D eigenvalue weighted by molar-refractivity contribution is 0.231. The van der Waals surface area contributed by atoms with Crippen molar-refractivity contribution in [1.29, 1.82) is 0 Å². The van der Waals surface area contributed by atoms with Crippen molar-refractivity contribution < 1.29 is 0 Å². The van der Waals surface area contributed by atoms with Crippen molar-refractivity contribution in [3.63, 3.8) is 0 Å². The van der Waals surface area contributed by atoms with E-state index in [1.54, 1.807) is 0 Å². The first-order valence-corrected chi connectivity index (χ1v) is 5.69. The summed E-state index contributed by atoms with van der Waals surface area (Å²) in [4.78, 5) is 0. The van der Waals surface area contributed by atoms with E-state index >= 15 is 0 Å². The Morgan fingerprint density at radius 2 is 1.64 bits per heavy atom. The van der Waals surface area contributed by atoms with Crippen LogP contribution in [0.2, 0.25) is 0 Å². The third kappa shape index (κ3) is 3.53. The zero-order valence-corrected chi connectivity index (χ0v) is 9.02. The largest absolute Gasteiger partial charge is 0.330 e. The van der Waals surface area contributed by atoms with Gasteiger partial charge in [-0.15, -0.1) is 0 Å². The van der Waals surface area contributed by atoms with Gasteiger partial charge in [0, 0.05) is 25.2 Å². The Balaban J connectivity index is 2.39. The molecule has 1 aliphatic rings. The van der Waals surface area contributed by atoms with Crippen molar-refractivity contribution >= 4 is 0 Å². The lowest BCUT2D eigenvalue weighted by Crippen LogP contribution is -2.59. The lowest BCUT2D eigenvalue weighted by atomic mass is 9.86. The lowest BCUT2D eigenvalue weighted by Gasteiger charge is -2.39. The van der Waals surface area contributed by atoms with E-state index in [1.165, 1.54) is 0 Å². The SMILES string of the molecule is NCCCC1(CCCN)CNCCN1. The second-order valence-electron chi connectivity index (χ2n) is 4.17. The summed E-state index contributed by atoms with van der Waals surface area (Å²) >= 11 is 0. The molecule has 4 heteroatoms. The number of nitrogens with one attached hydrogen (secondary N) is 2. The summed E-state index contributed by atoms with van der Waals surface area (Å²) in [6.07, 6.45) is 4.52. The summed E-state index contributed by atoms with van der Waals surface area (Å²) in [7, 11) is 0. The molecule has 0 aromatic rings. The van der Waals surface area contributed by atoms with Crippen LogP contribution in [0.25, 0.3) is 0 Å². The van der Waals surface area contributed by atoms with Gasteiger partial charge in [0.1, 0.15) is 0 Å². The van der Waals surface area contributed by atoms with Crippen LogP contribution >= 0.6 is 0 Å². The van der Waals surface area contributed by atoms with Gasteiger partial charge in [-0.05, 0) is 38.8 Å². The van der Waals surface area contributed by atoms with E-state index in [2.05, 4.69) is 10.6 Å². The molecule has 84 valence electrons. The molecule has 6 N–H and O–H groups in total. The van der Waals surface area contributed by atoms with Crippen LogP contribution in [0.1, 0.15) is 25.7 Å². The number of nitrogens with two attached hydrogens (primary N) is 2. The fraction of sp³-hybridized carbons (Fsp3) is 1.00. The third-order valence-electron chi connectivity index (χ3n) is 2.98. The molecule has 1 rings (SSSR count). The maximum atomic E-state index is 5.56. The standard InChI is InChI=1S/C10H24N4/c11-5-1-3-10(4-2-6-12)9-13-7-8-14-10/h13-14H,1-9,11-12H2.